The number of hydrogen-bond acceptors (Lipinski definition) is 5. The van der Waals surface area contributed by atoms with Gasteiger partial charge >= 0.3 is 0 Å². The summed E-state index contributed by atoms with van der Waals surface area (Å²) < 4.78 is 32.5. The number of rotatable bonds is 5. The van der Waals surface area contributed by atoms with Gasteiger partial charge in [0.25, 0.3) is 10.0 Å². The molecular weight excluding hydrogens is 308 g/mol. The van der Waals surface area contributed by atoms with Crippen LogP contribution in [0.25, 0.3) is 0 Å². The van der Waals surface area contributed by atoms with Crippen molar-refractivity contribution in [2.24, 2.45) is 5.92 Å². The third kappa shape index (κ3) is 3.28. The second kappa shape index (κ2) is 6.05. The molecule has 8 heteroatoms. The monoisotopic (exact) mass is 324 g/mol. The number of sulfonamides is 1. The maximum absolute atomic E-state index is 12.6. The van der Waals surface area contributed by atoms with Crippen LogP contribution in [0.2, 0.25) is 4.47 Å². The third-order valence-electron chi connectivity index (χ3n) is 3.14. The molecule has 0 radical (unpaired) electrons. The van der Waals surface area contributed by atoms with Crippen molar-refractivity contribution >= 4 is 33.0 Å². The van der Waals surface area contributed by atoms with Crippen LogP contribution in [0.1, 0.15) is 19.0 Å². The summed E-state index contributed by atoms with van der Waals surface area (Å²) in [5.74, 6) is 0.276. The van der Waals surface area contributed by atoms with Crippen molar-refractivity contribution in [1.82, 2.24) is 9.29 Å². The molecule has 1 unspecified atom stereocenters. The van der Waals surface area contributed by atoms with E-state index in [1.54, 1.807) is 6.92 Å². The molecule has 1 aliphatic heterocycles. The van der Waals surface area contributed by atoms with E-state index in [1.807, 2.05) is 6.92 Å². The molecule has 0 N–H and O–H groups in total. The summed E-state index contributed by atoms with van der Waals surface area (Å²) in [6.07, 6.45) is 0.911. The first-order valence-corrected chi connectivity index (χ1v) is 8.79. The van der Waals surface area contributed by atoms with Crippen LogP contribution in [-0.2, 0) is 14.8 Å². The van der Waals surface area contributed by atoms with E-state index in [9.17, 15) is 8.42 Å². The van der Waals surface area contributed by atoms with Gasteiger partial charge in [-0.25, -0.2) is 13.4 Å². The molecule has 1 atom stereocenters. The first-order chi connectivity index (χ1) is 8.95. The molecule has 0 saturated carbocycles. The van der Waals surface area contributed by atoms with E-state index in [4.69, 9.17) is 16.3 Å². The first kappa shape index (κ1) is 15.2. The molecule has 2 heterocycles. The van der Waals surface area contributed by atoms with Crippen molar-refractivity contribution in [2.45, 2.75) is 24.5 Å². The lowest BCUT2D eigenvalue weighted by Gasteiger charge is -2.22. The Bertz CT molecular complexity index is 538. The summed E-state index contributed by atoms with van der Waals surface area (Å²) in [5, 5.41) is 0. The zero-order valence-electron chi connectivity index (χ0n) is 10.9. The zero-order chi connectivity index (χ0) is 14.0. The fourth-order valence-electron chi connectivity index (χ4n) is 2.12. The normalized spacial score (nSPS) is 20.3. The smallest absolute Gasteiger partial charge is 0.254 e. The minimum Gasteiger partial charge on any atom is -0.381 e. The Morgan fingerprint density at radius 1 is 1.58 bits per heavy atom. The minimum absolute atomic E-state index is 0.248. The van der Waals surface area contributed by atoms with Crippen LogP contribution in [0.15, 0.2) is 4.21 Å². The van der Waals surface area contributed by atoms with Crippen molar-refractivity contribution in [2.75, 3.05) is 26.3 Å². The zero-order valence-corrected chi connectivity index (χ0v) is 13.3. The van der Waals surface area contributed by atoms with Crippen LogP contribution in [0.3, 0.4) is 0 Å². The Labute approximate surface area is 122 Å². The van der Waals surface area contributed by atoms with E-state index in [-0.39, 0.29) is 14.6 Å². The minimum atomic E-state index is -3.50. The molecular formula is C11H17ClN2O3S2. The molecule has 0 amide bonds. The van der Waals surface area contributed by atoms with Crippen molar-refractivity contribution in [3.63, 3.8) is 0 Å². The van der Waals surface area contributed by atoms with Gasteiger partial charge in [-0.05, 0) is 19.3 Å². The molecule has 108 valence electrons. The molecule has 19 heavy (non-hydrogen) atoms. The van der Waals surface area contributed by atoms with Crippen molar-refractivity contribution < 1.29 is 13.2 Å². The Morgan fingerprint density at radius 2 is 2.32 bits per heavy atom. The molecule has 1 fully saturated rings. The number of aryl methyl sites for hydroxylation is 1. The summed E-state index contributed by atoms with van der Waals surface area (Å²) >= 11 is 6.81. The Kier molecular flexibility index (Phi) is 4.84. The van der Waals surface area contributed by atoms with E-state index >= 15 is 0 Å². The lowest BCUT2D eigenvalue weighted by Crippen LogP contribution is -2.35. The number of halogens is 1. The average Bonchev–Trinajstić information content (AvgIpc) is 2.95. The molecule has 1 aromatic rings. The largest absolute Gasteiger partial charge is 0.381 e. The lowest BCUT2D eigenvalue weighted by molar-refractivity contribution is 0.181. The Morgan fingerprint density at radius 3 is 2.79 bits per heavy atom. The lowest BCUT2D eigenvalue weighted by atomic mass is 10.1. The van der Waals surface area contributed by atoms with Crippen LogP contribution < -0.4 is 0 Å². The summed E-state index contributed by atoms with van der Waals surface area (Å²) in [6, 6.07) is 0. The second-order valence-electron chi connectivity index (χ2n) is 4.52. The number of thiazole rings is 1. The van der Waals surface area contributed by atoms with Gasteiger partial charge < -0.3 is 4.74 Å². The van der Waals surface area contributed by atoms with Crippen molar-refractivity contribution in [3.05, 3.63) is 10.2 Å². The summed E-state index contributed by atoms with van der Waals surface area (Å²) in [6.45, 7) is 5.79. The third-order valence-corrected chi connectivity index (χ3v) is 6.93. The van der Waals surface area contributed by atoms with Gasteiger partial charge in [-0.3, -0.25) is 0 Å². The van der Waals surface area contributed by atoms with Gasteiger partial charge in [0.15, 0.2) is 8.68 Å². The highest BCUT2D eigenvalue weighted by Crippen LogP contribution is 2.30. The van der Waals surface area contributed by atoms with E-state index in [2.05, 4.69) is 4.98 Å². The van der Waals surface area contributed by atoms with Crippen LogP contribution >= 0.6 is 22.9 Å². The first-order valence-electron chi connectivity index (χ1n) is 6.16. The predicted octanol–water partition coefficient (Wildman–Crippen LogP) is 2.15. The van der Waals surface area contributed by atoms with Crippen LogP contribution in [0.5, 0.6) is 0 Å². The highest BCUT2D eigenvalue weighted by atomic mass is 35.5. The second-order valence-corrected chi connectivity index (χ2v) is 8.24. The summed E-state index contributed by atoms with van der Waals surface area (Å²) in [7, 11) is -3.50. The van der Waals surface area contributed by atoms with Crippen LogP contribution in [-0.4, -0.2) is 44.0 Å². The van der Waals surface area contributed by atoms with Gasteiger partial charge in [0.1, 0.15) is 0 Å². The topological polar surface area (TPSA) is 59.5 Å². The fraction of sp³-hybridized carbons (Fsp3) is 0.727. The highest BCUT2D eigenvalue weighted by molar-refractivity contribution is 7.91. The van der Waals surface area contributed by atoms with E-state index in [0.29, 0.717) is 32.0 Å². The molecule has 0 aromatic carbocycles. The molecule has 1 saturated heterocycles. The quantitative estimate of drug-likeness (QED) is 0.832. The Hall–Kier alpha value is -0.210. The maximum atomic E-state index is 12.6. The van der Waals surface area contributed by atoms with Gasteiger partial charge in [0.05, 0.1) is 12.3 Å². The van der Waals surface area contributed by atoms with Crippen molar-refractivity contribution in [1.29, 1.82) is 0 Å². The van der Waals surface area contributed by atoms with Gasteiger partial charge in [0, 0.05) is 19.7 Å². The number of aromatic nitrogens is 1. The van der Waals surface area contributed by atoms with Gasteiger partial charge in [0.2, 0.25) is 0 Å². The van der Waals surface area contributed by atoms with Crippen LogP contribution in [0.4, 0.5) is 0 Å². The number of nitrogens with zero attached hydrogens (tertiary/aromatic N) is 2. The molecule has 0 aliphatic carbocycles. The van der Waals surface area contributed by atoms with Gasteiger partial charge in [-0.2, -0.15) is 4.31 Å². The maximum Gasteiger partial charge on any atom is 0.254 e. The van der Waals surface area contributed by atoms with E-state index < -0.39 is 10.0 Å². The van der Waals surface area contributed by atoms with Crippen molar-refractivity contribution in [3.8, 4) is 0 Å². The fourth-order valence-corrected chi connectivity index (χ4v) is 5.52. The molecule has 1 aromatic heterocycles. The SMILES string of the molecule is CCN(CC1CCOC1)S(=O)(=O)c1sc(Cl)nc1C. The van der Waals surface area contributed by atoms with Crippen LogP contribution in [0, 0.1) is 12.8 Å². The molecule has 0 spiro atoms. The average molecular weight is 325 g/mol. The highest BCUT2D eigenvalue weighted by Gasteiger charge is 2.30. The molecule has 1 aliphatic rings. The number of hydrogen-bond donors (Lipinski definition) is 0. The molecule has 5 nitrogen and oxygen atoms in total. The predicted molar refractivity (Wildman–Crippen MR) is 75.2 cm³/mol. The van der Waals surface area contributed by atoms with E-state index in [0.717, 1.165) is 17.8 Å². The number of ether oxygens (including phenoxy) is 1. The van der Waals surface area contributed by atoms with Gasteiger partial charge in [-0.1, -0.05) is 29.9 Å². The van der Waals surface area contributed by atoms with Gasteiger partial charge in [-0.15, -0.1) is 0 Å². The summed E-state index contributed by atoms with van der Waals surface area (Å²) in [5.41, 5.74) is 0.469. The molecule has 0 bridgehead atoms. The molecule has 2 rings (SSSR count). The Balaban J connectivity index is 2.22. The standard InChI is InChI=1S/C11H17ClN2O3S2/c1-3-14(6-9-4-5-17-7-9)19(15,16)10-8(2)13-11(12)18-10/h9H,3-7H2,1-2H3. The van der Waals surface area contributed by atoms with E-state index in [1.165, 1.54) is 4.31 Å². The summed E-state index contributed by atoms with van der Waals surface area (Å²) in [4.78, 5) is 3.98.